The van der Waals surface area contributed by atoms with Crippen LogP contribution in [0.3, 0.4) is 0 Å². The fourth-order valence-electron chi connectivity index (χ4n) is 2.68. The molecule has 3 aromatic rings. The largest absolute Gasteiger partial charge is 0.487 e. The van der Waals surface area contributed by atoms with Crippen LogP contribution in [0.2, 0.25) is 0 Å². The van der Waals surface area contributed by atoms with Gasteiger partial charge in [-0.1, -0.05) is 24.3 Å². The zero-order chi connectivity index (χ0) is 14.9. The topological polar surface area (TPSA) is 38.2 Å². The molecule has 0 N–H and O–H groups in total. The smallest absolute Gasteiger partial charge is 0.148 e. The summed E-state index contributed by atoms with van der Waals surface area (Å²) < 4.78 is 5.98. The zero-order valence-electron chi connectivity index (χ0n) is 12.4. The van der Waals surface area contributed by atoms with Crippen molar-refractivity contribution in [1.29, 1.82) is 0 Å². The van der Waals surface area contributed by atoms with Crippen LogP contribution in [0.15, 0.2) is 54.7 Å². The van der Waals surface area contributed by atoms with Gasteiger partial charge in [-0.3, -0.25) is 4.98 Å². The van der Waals surface area contributed by atoms with Gasteiger partial charge in [0.05, 0.1) is 30.3 Å². The monoisotopic (exact) mass is 291 g/mol. The summed E-state index contributed by atoms with van der Waals surface area (Å²) in [6.45, 7) is 3.77. The molecule has 110 valence electrons. The van der Waals surface area contributed by atoms with Crippen LogP contribution in [0.25, 0.3) is 11.0 Å². The van der Waals surface area contributed by atoms with Gasteiger partial charge < -0.3 is 9.64 Å². The van der Waals surface area contributed by atoms with Crippen LogP contribution < -0.4 is 9.64 Å². The minimum atomic E-state index is 0.218. The number of aromatic nitrogens is 2. The van der Waals surface area contributed by atoms with Crippen LogP contribution in [0.5, 0.6) is 5.75 Å². The van der Waals surface area contributed by atoms with Crippen molar-refractivity contribution in [3.63, 3.8) is 0 Å². The molecule has 2 aromatic carbocycles. The van der Waals surface area contributed by atoms with Crippen molar-refractivity contribution < 1.29 is 4.74 Å². The van der Waals surface area contributed by atoms with Crippen LogP contribution in [-0.4, -0.2) is 29.2 Å². The molecule has 1 aromatic heterocycles. The van der Waals surface area contributed by atoms with Crippen molar-refractivity contribution in [2.75, 3.05) is 18.0 Å². The van der Waals surface area contributed by atoms with E-state index in [1.807, 2.05) is 42.6 Å². The first-order valence-electron chi connectivity index (χ1n) is 7.48. The lowest BCUT2D eigenvalue weighted by Crippen LogP contribution is -2.54. The maximum absolute atomic E-state index is 5.98. The molecule has 1 aliphatic rings. The van der Waals surface area contributed by atoms with Crippen LogP contribution in [0.4, 0.5) is 5.82 Å². The van der Waals surface area contributed by atoms with Crippen LogP contribution in [0.1, 0.15) is 5.56 Å². The molecular formula is C18H17N3O. The Balaban J connectivity index is 1.43. The van der Waals surface area contributed by atoms with E-state index in [0.717, 1.165) is 35.7 Å². The normalized spacial score (nSPS) is 14.9. The van der Waals surface area contributed by atoms with Gasteiger partial charge in [0, 0.05) is 0 Å². The Kier molecular flexibility index (Phi) is 3.15. The van der Waals surface area contributed by atoms with E-state index >= 15 is 0 Å². The highest BCUT2D eigenvalue weighted by atomic mass is 16.5. The molecule has 0 unspecified atom stereocenters. The van der Waals surface area contributed by atoms with Gasteiger partial charge in [-0.05, 0) is 36.8 Å². The molecule has 1 aliphatic heterocycles. The van der Waals surface area contributed by atoms with E-state index in [0.29, 0.717) is 0 Å². The van der Waals surface area contributed by atoms with Gasteiger partial charge in [-0.2, -0.15) is 0 Å². The summed E-state index contributed by atoms with van der Waals surface area (Å²) in [7, 11) is 0. The second-order valence-corrected chi connectivity index (χ2v) is 5.68. The van der Waals surface area contributed by atoms with Crippen LogP contribution >= 0.6 is 0 Å². The van der Waals surface area contributed by atoms with E-state index in [1.165, 1.54) is 5.56 Å². The number of aryl methyl sites for hydroxylation is 1. The van der Waals surface area contributed by atoms with Crippen molar-refractivity contribution in [3.8, 4) is 5.75 Å². The Labute approximate surface area is 129 Å². The molecule has 0 radical (unpaired) electrons. The van der Waals surface area contributed by atoms with Gasteiger partial charge in [0.25, 0.3) is 0 Å². The Hall–Kier alpha value is -2.62. The van der Waals surface area contributed by atoms with Crippen molar-refractivity contribution in [2.45, 2.75) is 13.0 Å². The molecule has 4 nitrogen and oxygen atoms in total. The zero-order valence-corrected chi connectivity index (χ0v) is 12.4. The average molecular weight is 291 g/mol. The summed E-state index contributed by atoms with van der Waals surface area (Å²) in [6.07, 6.45) is 2.06. The highest BCUT2D eigenvalue weighted by Gasteiger charge is 2.29. The van der Waals surface area contributed by atoms with Crippen molar-refractivity contribution in [2.24, 2.45) is 0 Å². The molecule has 0 saturated carbocycles. The third kappa shape index (κ3) is 2.48. The Morgan fingerprint density at radius 3 is 2.68 bits per heavy atom. The first-order valence-corrected chi connectivity index (χ1v) is 7.48. The second-order valence-electron chi connectivity index (χ2n) is 5.68. The molecular weight excluding hydrogens is 274 g/mol. The first kappa shape index (κ1) is 13.1. The third-order valence-corrected chi connectivity index (χ3v) is 3.90. The summed E-state index contributed by atoms with van der Waals surface area (Å²) in [5.41, 5.74) is 3.08. The number of fused-ring (bicyclic) bond motifs is 1. The minimum absolute atomic E-state index is 0.218. The summed E-state index contributed by atoms with van der Waals surface area (Å²) >= 11 is 0. The molecule has 0 aliphatic carbocycles. The van der Waals surface area contributed by atoms with E-state index < -0.39 is 0 Å². The highest BCUT2D eigenvalue weighted by Crippen LogP contribution is 2.24. The number of nitrogens with zero attached hydrogens (tertiary/aromatic N) is 3. The minimum Gasteiger partial charge on any atom is -0.487 e. The molecule has 0 atom stereocenters. The molecule has 4 rings (SSSR count). The van der Waals surface area contributed by atoms with E-state index in [9.17, 15) is 0 Å². The number of benzene rings is 2. The van der Waals surface area contributed by atoms with Crippen LogP contribution in [0, 0.1) is 6.92 Å². The highest BCUT2D eigenvalue weighted by molar-refractivity contribution is 5.75. The molecule has 1 saturated heterocycles. The number of hydrogen-bond donors (Lipinski definition) is 0. The van der Waals surface area contributed by atoms with Gasteiger partial charge >= 0.3 is 0 Å². The van der Waals surface area contributed by atoms with Gasteiger partial charge in [0.15, 0.2) is 0 Å². The van der Waals surface area contributed by atoms with Crippen LogP contribution in [-0.2, 0) is 0 Å². The van der Waals surface area contributed by atoms with E-state index in [-0.39, 0.29) is 6.10 Å². The van der Waals surface area contributed by atoms with Gasteiger partial charge in [0.1, 0.15) is 17.7 Å². The molecule has 0 bridgehead atoms. The maximum atomic E-state index is 5.98. The van der Waals surface area contributed by atoms with Gasteiger partial charge in [0.2, 0.25) is 0 Å². The maximum Gasteiger partial charge on any atom is 0.148 e. The third-order valence-electron chi connectivity index (χ3n) is 3.90. The van der Waals surface area contributed by atoms with Crippen molar-refractivity contribution in [1.82, 2.24) is 9.97 Å². The van der Waals surface area contributed by atoms with Crippen molar-refractivity contribution >= 4 is 16.9 Å². The van der Waals surface area contributed by atoms with Crippen molar-refractivity contribution in [3.05, 3.63) is 60.3 Å². The Morgan fingerprint density at radius 1 is 1.05 bits per heavy atom. The van der Waals surface area contributed by atoms with E-state index in [1.54, 1.807) is 0 Å². The number of rotatable bonds is 3. The summed E-state index contributed by atoms with van der Waals surface area (Å²) in [5, 5.41) is 0. The van der Waals surface area contributed by atoms with Gasteiger partial charge in [-0.25, -0.2) is 4.98 Å². The predicted molar refractivity (Wildman–Crippen MR) is 87.3 cm³/mol. The SMILES string of the molecule is Cc1cccc(OC2CN(c3cnc4ccccc4n3)C2)c1. The molecule has 0 amide bonds. The standard InChI is InChI=1S/C18H17N3O/c1-13-5-4-6-14(9-13)22-15-11-21(12-15)18-10-19-16-7-2-3-8-17(16)20-18/h2-10,15H,11-12H2,1H3. The second kappa shape index (κ2) is 5.30. The fourth-order valence-corrected chi connectivity index (χ4v) is 2.68. The van der Waals surface area contributed by atoms with Gasteiger partial charge in [-0.15, -0.1) is 0 Å². The summed E-state index contributed by atoms with van der Waals surface area (Å²) in [6, 6.07) is 16.1. The Bertz CT molecular complexity index is 812. The molecule has 0 spiro atoms. The average Bonchev–Trinajstić information content (AvgIpc) is 2.50. The molecule has 2 heterocycles. The lowest BCUT2D eigenvalue weighted by Gasteiger charge is -2.39. The van der Waals surface area contributed by atoms with E-state index in [2.05, 4.69) is 33.9 Å². The first-order chi connectivity index (χ1) is 10.8. The molecule has 4 heteroatoms. The molecule has 1 fully saturated rings. The summed E-state index contributed by atoms with van der Waals surface area (Å²) in [5.74, 6) is 1.86. The lowest BCUT2D eigenvalue weighted by atomic mass is 10.1. The Morgan fingerprint density at radius 2 is 1.86 bits per heavy atom. The number of ether oxygens (including phenoxy) is 1. The predicted octanol–water partition coefficient (Wildman–Crippen LogP) is 3.21. The number of hydrogen-bond acceptors (Lipinski definition) is 4. The number of para-hydroxylation sites is 2. The molecule has 22 heavy (non-hydrogen) atoms. The van der Waals surface area contributed by atoms with E-state index in [4.69, 9.17) is 4.74 Å². The quantitative estimate of drug-likeness (QED) is 0.742. The fraction of sp³-hybridized carbons (Fsp3) is 0.222. The number of anilines is 1. The lowest BCUT2D eigenvalue weighted by molar-refractivity contribution is 0.167. The summed E-state index contributed by atoms with van der Waals surface area (Å²) in [4.78, 5) is 11.3.